The minimum absolute atomic E-state index is 0.126. The van der Waals surface area contributed by atoms with Crippen LogP contribution >= 0.6 is 0 Å². The monoisotopic (exact) mass is 415 g/mol. The summed E-state index contributed by atoms with van der Waals surface area (Å²) in [6.45, 7) is 0.522. The number of amides is 1. The van der Waals surface area contributed by atoms with Gasteiger partial charge in [0, 0.05) is 38.3 Å². The number of carbonyl (C=O) groups excluding carboxylic acids is 2. The molecule has 0 bridgehead atoms. The largest absolute Gasteiger partial charge is 0.325 e. The van der Waals surface area contributed by atoms with E-state index in [0.717, 1.165) is 4.31 Å². The van der Waals surface area contributed by atoms with Gasteiger partial charge in [0.05, 0.1) is 11.6 Å². The van der Waals surface area contributed by atoms with Crippen molar-refractivity contribution in [2.24, 2.45) is 5.92 Å². The highest BCUT2D eigenvalue weighted by molar-refractivity contribution is 7.86. The molecule has 2 aromatic rings. The van der Waals surface area contributed by atoms with Crippen LogP contribution in [0.25, 0.3) is 0 Å². The number of anilines is 1. The Bertz CT molecular complexity index is 990. The fourth-order valence-electron chi connectivity index (χ4n) is 3.37. The van der Waals surface area contributed by atoms with Gasteiger partial charge < -0.3 is 5.32 Å². The number of carbonyl (C=O) groups is 2. The van der Waals surface area contributed by atoms with Crippen LogP contribution in [0.15, 0.2) is 54.6 Å². The molecule has 0 aromatic heterocycles. The molecule has 7 nitrogen and oxygen atoms in total. The van der Waals surface area contributed by atoms with Crippen molar-refractivity contribution in [2.45, 2.75) is 12.8 Å². The smallest absolute Gasteiger partial charge is 0.281 e. The van der Waals surface area contributed by atoms with Crippen LogP contribution in [-0.4, -0.2) is 55.9 Å². The lowest BCUT2D eigenvalue weighted by molar-refractivity contribution is -0.120. The Hall–Kier alpha value is -2.55. The number of hydrogen-bond acceptors (Lipinski definition) is 4. The lowest BCUT2D eigenvalue weighted by Gasteiger charge is -2.32. The first-order valence-corrected chi connectivity index (χ1v) is 10.9. The Morgan fingerprint density at radius 3 is 2.38 bits per heavy atom. The molecule has 3 rings (SSSR count). The predicted molar refractivity (Wildman–Crippen MR) is 112 cm³/mol. The van der Waals surface area contributed by atoms with E-state index in [0.29, 0.717) is 36.2 Å². The highest BCUT2D eigenvalue weighted by Crippen LogP contribution is 2.24. The quantitative estimate of drug-likeness (QED) is 0.734. The molecule has 1 amide bonds. The normalized spacial score (nSPS) is 17.8. The van der Waals surface area contributed by atoms with Crippen LogP contribution in [0.5, 0.6) is 0 Å². The number of nitrogens with one attached hydrogen (secondary N) is 1. The van der Waals surface area contributed by atoms with Crippen molar-refractivity contribution in [1.29, 1.82) is 0 Å². The molecule has 1 heterocycles. The average Bonchev–Trinajstić information content (AvgIpc) is 2.74. The third kappa shape index (κ3) is 4.72. The van der Waals surface area contributed by atoms with E-state index in [1.165, 1.54) is 18.4 Å². The van der Waals surface area contributed by atoms with Crippen LogP contribution < -0.4 is 5.32 Å². The van der Waals surface area contributed by atoms with E-state index in [-0.39, 0.29) is 18.2 Å². The van der Waals surface area contributed by atoms with Crippen molar-refractivity contribution >= 4 is 27.6 Å². The molecule has 154 valence electrons. The number of hydrogen-bond donors (Lipinski definition) is 1. The molecule has 1 aliphatic heterocycles. The third-order valence-electron chi connectivity index (χ3n) is 5.01. The third-order valence-corrected chi connectivity index (χ3v) is 6.92. The Labute approximate surface area is 171 Å². The van der Waals surface area contributed by atoms with Gasteiger partial charge in [0.15, 0.2) is 5.78 Å². The van der Waals surface area contributed by atoms with Gasteiger partial charge in [-0.25, -0.2) is 0 Å². The Morgan fingerprint density at radius 2 is 1.69 bits per heavy atom. The first-order valence-electron chi connectivity index (χ1n) is 9.48. The molecule has 0 spiro atoms. The second kappa shape index (κ2) is 8.86. The summed E-state index contributed by atoms with van der Waals surface area (Å²) in [7, 11) is -0.611. The maximum Gasteiger partial charge on any atom is 0.281 e. The zero-order chi connectivity index (χ0) is 21.0. The lowest BCUT2D eigenvalue weighted by atomic mass is 9.97. The maximum atomic E-state index is 12.9. The predicted octanol–water partition coefficient (Wildman–Crippen LogP) is 2.37. The van der Waals surface area contributed by atoms with Crippen molar-refractivity contribution in [3.63, 3.8) is 0 Å². The second-order valence-corrected chi connectivity index (χ2v) is 9.36. The van der Waals surface area contributed by atoms with Gasteiger partial charge in [-0.3, -0.25) is 9.59 Å². The molecule has 1 unspecified atom stereocenters. The molecule has 1 fully saturated rings. The number of benzene rings is 2. The summed E-state index contributed by atoms with van der Waals surface area (Å²) in [6.07, 6.45) is 1.20. The summed E-state index contributed by atoms with van der Waals surface area (Å²) in [5, 5.41) is 2.84. The van der Waals surface area contributed by atoms with Gasteiger partial charge in [-0.05, 0) is 25.0 Å². The number of rotatable bonds is 6. The fourth-order valence-corrected chi connectivity index (χ4v) is 4.56. The summed E-state index contributed by atoms with van der Waals surface area (Å²) >= 11 is 0. The van der Waals surface area contributed by atoms with Crippen molar-refractivity contribution in [2.75, 3.05) is 32.5 Å². The van der Waals surface area contributed by atoms with Crippen molar-refractivity contribution in [3.05, 3.63) is 65.7 Å². The number of para-hydroxylation sites is 1. The topological polar surface area (TPSA) is 86.8 Å². The van der Waals surface area contributed by atoms with Crippen LogP contribution in [0, 0.1) is 5.92 Å². The Kier molecular flexibility index (Phi) is 6.46. The number of ketones is 1. The minimum atomic E-state index is -3.56. The van der Waals surface area contributed by atoms with E-state index in [1.807, 2.05) is 6.07 Å². The molecule has 1 atom stereocenters. The first-order chi connectivity index (χ1) is 13.8. The molecule has 1 N–H and O–H groups in total. The summed E-state index contributed by atoms with van der Waals surface area (Å²) < 4.78 is 27.3. The van der Waals surface area contributed by atoms with Crippen molar-refractivity contribution in [1.82, 2.24) is 8.61 Å². The zero-order valence-electron chi connectivity index (χ0n) is 16.5. The Balaban J connectivity index is 1.77. The first kappa shape index (κ1) is 21.2. The maximum absolute atomic E-state index is 12.9. The lowest BCUT2D eigenvalue weighted by Crippen LogP contribution is -2.47. The standard InChI is InChI=1S/C21H25N3O4S/c1-23(2)29(27,28)24-14-8-11-17(15-24)21(26)22-19-13-7-6-12-18(19)20(25)16-9-4-3-5-10-16/h3-7,9-10,12-13,17H,8,11,14-15H2,1-2H3,(H,22,26). The van der Waals surface area contributed by atoms with Crippen molar-refractivity contribution in [3.8, 4) is 0 Å². The summed E-state index contributed by atoms with van der Waals surface area (Å²) in [6, 6.07) is 15.7. The molecule has 0 aliphatic carbocycles. The van der Waals surface area contributed by atoms with Crippen LogP contribution in [0.2, 0.25) is 0 Å². The van der Waals surface area contributed by atoms with Crippen LogP contribution in [-0.2, 0) is 15.0 Å². The van der Waals surface area contributed by atoms with E-state index < -0.39 is 16.1 Å². The average molecular weight is 416 g/mol. The van der Waals surface area contributed by atoms with E-state index in [2.05, 4.69) is 5.32 Å². The van der Waals surface area contributed by atoms with Crippen LogP contribution in [0.1, 0.15) is 28.8 Å². The summed E-state index contributed by atoms with van der Waals surface area (Å²) in [5.74, 6) is -0.933. The van der Waals surface area contributed by atoms with Gasteiger partial charge in [0.1, 0.15) is 0 Å². The molecule has 29 heavy (non-hydrogen) atoms. The fraction of sp³-hybridized carbons (Fsp3) is 0.333. The van der Waals surface area contributed by atoms with Crippen LogP contribution in [0.3, 0.4) is 0 Å². The van der Waals surface area contributed by atoms with E-state index >= 15 is 0 Å². The van der Waals surface area contributed by atoms with E-state index in [4.69, 9.17) is 0 Å². The van der Waals surface area contributed by atoms with E-state index in [9.17, 15) is 18.0 Å². The summed E-state index contributed by atoms with van der Waals surface area (Å²) in [5.41, 5.74) is 1.37. The number of piperidine rings is 1. The minimum Gasteiger partial charge on any atom is -0.325 e. The van der Waals surface area contributed by atoms with Crippen LogP contribution in [0.4, 0.5) is 5.69 Å². The molecule has 2 aromatic carbocycles. The van der Waals surface area contributed by atoms with E-state index in [1.54, 1.807) is 48.5 Å². The Morgan fingerprint density at radius 1 is 1.03 bits per heavy atom. The van der Waals surface area contributed by atoms with Gasteiger partial charge in [-0.1, -0.05) is 42.5 Å². The van der Waals surface area contributed by atoms with Gasteiger partial charge in [0.2, 0.25) is 5.91 Å². The molecular weight excluding hydrogens is 390 g/mol. The SMILES string of the molecule is CN(C)S(=O)(=O)N1CCCC(C(=O)Nc2ccccc2C(=O)c2ccccc2)C1. The highest BCUT2D eigenvalue weighted by Gasteiger charge is 2.33. The molecule has 0 saturated carbocycles. The molecule has 8 heteroatoms. The molecule has 0 radical (unpaired) electrons. The van der Waals surface area contributed by atoms with Gasteiger partial charge >= 0.3 is 0 Å². The molecule has 1 saturated heterocycles. The van der Waals surface area contributed by atoms with Gasteiger partial charge in [0.25, 0.3) is 10.2 Å². The highest BCUT2D eigenvalue weighted by atomic mass is 32.2. The van der Waals surface area contributed by atoms with Gasteiger partial charge in [-0.2, -0.15) is 17.0 Å². The summed E-state index contributed by atoms with van der Waals surface area (Å²) in [4.78, 5) is 25.7. The van der Waals surface area contributed by atoms with Gasteiger partial charge in [-0.15, -0.1) is 0 Å². The van der Waals surface area contributed by atoms with Crippen molar-refractivity contribution < 1.29 is 18.0 Å². The molecular formula is C21H25N3O4S. The molecule has 1 aliphatic rings. The second-order valence-electron chi connectivity index (χ2n) is 7.22. The zero-order valence-corrected chi connectivity index (χ0v) is 17.4. The number of nitrogens with zero attached hydrogens (tertiary/aromatic N) is 2.